The number of carbonyl (C=O) groups excluding carboxylic acids is 2. The monoisotopic (exact) mass is 401 g/mol. The van der Waals surface area contributed by atoms with Crippen LogP contribution in [0.3, 0.4) is 0 Å². The molecule has 0 atom stereocenters. The van der Waals surface area contributed by atoms with Crippen LogP contribution in [0.1, 0.15) is 15.9 Å². The molecule has 0 heterocycles. The van der Waals surface area contributed by atoms with Gasteiger partial charge in [-0.1, -0.05) is 23.4 Å². The van der Waals surface area contributed by atoms with E-state index in [2.05, 4.69) is 15.3 Å². The summed E-state index contributed by atoms with van der Waals surface area (Å²) >= 11 is 0. The average molecular weight is 401 g/mol. The number of benzene rings is 2. The van der Waals surface area contributed by atoms with Gasteiger partial charge in [-0.3, -0.25) is 10.1 Å². The van der Waals surface area contributed by atoms with Crippen molar-refractivity contribution < 1.29 is 36.4 Å². The lowest BCUT2D eigenvalue weighted by molar-refractivity contribution is -0.173. The molecule has 0 saturated heterocycles. The van der Waals surface area contributed by atoms with E-state index < -0.39 is 41.9 Å². The summed E-state index contributed by atoms with van der Waals surface area (Å²) in [6.07, 6.45) is -3.47. The lowest BCUT2D eigenvalue weighted by Gasteiger charge is -2.08. The van der Waals surface area contributed by atoms with E-state index in [0.717, 1.165) is 24.4 Å². The molecule has 6 nitrogen and oxygen atoms in total. The van der Waals surface area contributed by atoms with Crippen LogP contribution in [-0.2, 0) is 4.84 Å². The number of hydrogen-bond donors (Lipinski definition) is 2. The van der Waals surface area contributed by atoms with E-state index in [-0.39, 0.29) is 5.69 Å². The summed E-state index contributed by atoms with van der Waals surface area (Å²) in [6.45, 7) is -1.53. The van der Waals surface area contributed by atoms with Gasteiger partial charge in [-0.2, -0.15) is 13.2 Å². The highest BCUT2D eigenvalue weighted by atomic mass is 19.4. The molecule has 0 aliphatic carbocycles. The zero-order chi connectivity index (χ0) is 20.7. The van der Waals surface area contributed by atoms with Crippen molar-refractivity contribution in [2.75, 3.05) is 11.9 Å². The first-order valence-electron chi connectivity index (χ1n) is 7.54. The van der Waals surface area contributed by atoms with Crippen molar-refractivity contribution in [3.8, 4) is 0 Å². The Hall–Kier alpha value is -3.50. The van der Waals surface area contributed by atoms with Crippen molar-refractivity contribution >= 4 is 23.8 Å². The number of oxime groups is 1. The molecule has 0 aromatic heterocycles. The van der Waals surface area contributed by atoms with E-state index in [1.165, 1.54) is 24.3 Å². The van der Waals surface area contributed by atoms with E-state index in [4.69, 9.17) is 0 Å². The fourth-order valence-corrected chi connectivity index (χ4v) is 1.90. The number of alkyl halides is 3. The van der Waals surface area contributed by atoms with Gasteiger partial charge in [-0.25, -0.2) is 13.6 Å². The van der Waals surface area contributed by atoms with Crippen LogP contribution in [0, 0.1) is 11.6 Å². The van der Waals surface area contributed by atoms with E-state index in [0.29, 0.717) is 5.56 Å². The van der Waals surface area contributed by atoms with Gasteiger partial charge in [-0.15, -0.1) is 0 Å². The van der Waals surface area contributed by atoms with Gasteiger partial charge in [-0.05, 0) is 29.8 Å². The summed E-state index contributed by atoms with van der Waals surface area (Å²) in [5, 5.41) is 7.18. The summed E-state index contributed by atoms with van der Waals surface area (Å²) in [5.41, 5.74) is -0.326. The summed E-state index contributed by atoms with van der Waals surface area (Å²) in [6, 6.07) is 7.28. The van der Waals surface area contributed by atoms with Crippen LogP contribution in [-0.4, -0.2) is 30.9 Å². The third-order valence-corrected chi connectivity index (χ3v) is 3.09. The first-order chi connectivity index (χ1) is 13.2. The maximum Gasteiger partial charge on any atom is 0.425 e. The standard InChI is InChI=1S/C17H12F5N3O3/c18-12-2-1-3-13(19)14(12)15(26)25-16(27)24-11-6-4-10(5-7-11)8-23-28-9-17(20,21)22/h1-8H,9H2,(H2,24,25,26,27)/b23-8+. The minimum absolute atomic E-state index is 0.202. The van der Waals surface area contributed by atoms with Gasteiger partial charge in [0.25, 0.3) is 5.91 Å². The number of carbonyl (C=O) groups is 2. The Morgan fingerprint density at radius 1 is 1.04 bits per heavy atom. The molecule has 0 aliphatic heterocycles. The number of imide groups is 1. The Morgan fingerprint density at radius 3 is 2.21 bits per heavy atom. The number of amides is 3. The minimum atomic E-state index is -4.50. The molecule has 28 heavy (non-hydrogen) atoms. The van der Waals surface area contributed by atoms with Crippen LogP contribution in [0.5, 0.6) is 0 Å². The Labute approximate surface area is 155 Å². The second kappa shape index (κ2) is 8.93. The highest BCUT2D eigenvalue weighted by Gasteiger charge is 2.28. The number of rotatable bonds is 5. The van der Waals surface area contributed by atoms with Crippen LogP contribution in [0.2, 0.25) is 0 Å². The molecule has 0 unspecified atom stereocenters. The van der Waals surface area contributed by atoms with Crippen LogP contribution in [0.15, 0.2) is 47.6 Å². The zero-order valence-electron chi connectivity index (χ0n) is 13.9. The zero-order valence-corrected chi connectivity index (χ0v) is 13.9. The van der Waals surface area contributed by atoms with Gasteiger partial charge in [0.15, 0.2) is 0 Å². The Kier molecular flexibility index (Phi) is 6.64. The predicted octanol–water partition coefficient (Wildman–Crippen LogP) is 3.84. The van der Waals surface area contributed by atoms with E-state index in [9.17, 15) is 31.5 Å². The Balaban J connectivity index is 1.90. The smallest absolute Gasteiger partial charge is 0.386 e. The molecular formula is C17H12F5N3O3. The Morgan fingerprint density at radius 2 is 1.64 bits per heavy atom. The number of nitrogens with one attached hydrogen (secondary N) is 2. The molecule has 0 bridgehead atoms. The third-order valence-electron chi connectivity index (χ3n) is 3.09. The number of hydrogen-bond acceptors (Lipinski definition) is 4. The van der Waals surface area contributed by atoms with Crippen LogP contribution >= 0.6 is 0 Å². The molecule has 2 rings (SSSR count). The maximum atomic E-state index is 13.5. The summed E-state index contributed by atoms with van der Waals surface area (Å²) in [4.78, 5) is 27.6. The van der Waals surface area contributed by atoms with Crippen molar-refractivity contribution in [3.05, 3.63) is 65.2 Å². The largest absolute Gasteiger partial charge is 0.425 e. The van der Waals surface area contributed by atoms with Crippen molar-refractivity contribution in [1.29, 1.82) is 0 Å². The molecule has 148 valence electrons. The van der Waals surface area contributed by atoms with E-state index >= 15 is 0 Å². The van der Waals surface area contributed by atoms with Gasteiger partial charge >= 0.3 is 12.2 Å². The van der Waals surface area contributed by atoms with Crippen molar-refractivity contribution in [2.24, 2.45) is 5.16 Å². The van der Waals surface area contributed by atoms with E-state index in [1.54, 1.807) is 5.32 Å². The first kappa shape index (κ1) is 20.8. The molecule has 0 saturated carbocycles. The molecule has 0 aliphatic rings. The summed E-state index contributed by atoms with van der Waals surface area (Å²) in [5.74, 6) is -3.51. The molecule has 0 spiro atoms. The average Bonchev–Trinajstić information content (AvgIpc) is 2.59. The number of urea groups is 1. The van der Waals surface area contributed by atoms with Gasteiger partial charge < -0.3 is 10.2 Å². The minimum Gasteiger partial charge on any atom is -0.386 e. The van der Waals surface area contributed by atoms with Gasteiger partial charge in [0.1, 0.15) is 17.2 Å². The highest BCUT2D eigenvalue weighted by Crippen LogP contribution is 2.15. The second-order valence-corrected chi connectivity index (χ2v) is 5.25. The summed E-state index contributed by atoms with van der Waals surface area (Å²) in [7, 11) is 0. The van der Waals surface area contributed by atoms with Crippen LogP contribution in [0.25, 0.3) is 0 Å². The fraction of sp³-hybridized carbons (Fsp3) is 0.118. The fourth-order valence-electron chi connectivity index (χ4n) is 1.90. The van der Waals surface area contributed by atoms with Crippen LogP contribution < -0.4 is 10.6 Å². The molecule has 2 aromatic rings. The normalized spacial score (nSPS) is 11.3. The third kappa shape index (κ3) is 6.34. The molecule has 2 N–H and O–H groups in total. The van der Waals surface area contributed by atoms with Gasteiger partial charge in [0.05, 0.1) is 6.21 Å². The van der Waals surface area contributed by atoms with Crippen LogP contribution in [0.4, 0.5) is 32.4 Å². The SMILES string of the molecule is O=C(NC(=O)c1c(F)cccc1F)Nc1ccc(/C=N/OCC(F)(F)F)cc1. The van der Waals surface area contributed by atoms with Gasteiger partial charge in [0, 0.05) is 5.69 Å². The molecule has 0 fully saturated rings. The maximum absolute atomic E-state index is 13.5. The van der Waals surface area contributed by atoms with Crippen molar-refractivity contribution in [1.82, 2.24) is 5.32 Å². The number of nitrogens with zero attached hydrogens (tertiary/aromatic N) is 1. The molecule has 3 amide bonds. The van der Waals surface area contributed by atoms with E-state index in [1.807, 2.05) is 0 Å². The van der Waals surface area contributed by atoms with Crippen molar-refractivity contribution in [2.45, 2.75) is 6.18 Å². The quantitative estimate of drug-likeness (QED) is 0.454. The molecular weight excluding hydrogens is 389 g/mol. The number of halogens is 5. The lowest BCUT2D eigenvalue weighted by atomic mass is 10.2. The molecule has 2 aromatic carbocycles. The van der Waals surface area contributed by atoms with Gasteiger partial charge in [0.2, 0.25) is 6.61 Å². The first-order valence-corrected chi connectivity index (χ1v) is 7.54. The molecule has 0 radical (unpaired) electrons. The topological polar surface area (TPSA) is 79.8 Å². The highest BCUT2D eigenvalue weighted by molar-refractivity contribution is 6.08. The van der Waals surface area contributed by atoms with Crippen molar-refractivity contribution in [3.63, 3.8) is 0 Å². The lowest BCUT2D eigenvalue weighted by Crippen LogP contribution is -2.35. The second-order valence-electron chi connectivity index (χ2n) is 5.25. The Bertz CT molecular complexity index is 862. The number of anilines is 1. The molecule has 11 heteroatoms. The summed E-state index contributed by atoms with van der Waals surface area (Å²) < 4.78 is 62.7. The predicted molar refractivity (Wildman–Crippen MR) is 88.9 cm³/mol.